The summed E-state index contributed by atoms with van der Waals surface area (Å²) < 4.78 is 12.8. The Hall–Kier alpha value is -7.62. The van der Waals surface area contributed by atoms with Gasteiger partial charge in [-0.05, 0) is 110 Å². The Kier molecular flexibility index (Phi) is 7.67. The van der Waals surface area contributed by atoms with E-state index in [2.05, 4.69) is 205 Å². The molecule has 3 heteroatoms. The van der Waals surface area contributed by atoms with Crippen LogP contribution >= 0.6 is 0 Å². The molecule has 2 unspecified atom stereocenters. The van der Waals surface area contributed by atoms with Crippen LogP contribution in [0.25, 0.3) is 76.9 Å². The first-order valence-corrected chi connectivity index (χ1v) is 20.3. The Morgan fingerprint density at radius 3 is 2.03 bits per heavy atom. The topological polar surface area (TPSA) is 25.6 Å². The Balaban J connectivity index is 1.12. The fraction of sp³-hybridized carbons (Fsp3) is 0.0357. The molecular weight excluding hydrogens is 719 g/mol. The SMILES string of the molecule is C1=CC2Oc3cccc(-c4cccc(N(c5ccc6oc7ccccc7c6c5)c5cc(-c6cc7ccccc7c7ccccc67)ccc5-c5ccccc5)c4)c3C2C=C1. The fourth-order valence-electron chi connectivity index (χ4n) is 9.48. The van der Waals surface area contributed by atoms with Gasteiger partial charge >= 0.3 is 0 Å². The zero-order chi connectivity index (χ0) is 38.9. The number of anilines is 3. The maximum absolute atomic E-state index is 6.48. The minimum absolute atomic E-state index is 0.00898. The maximum atomic E-state index is 6.48. The molecule has 2 heterocycles. The summed E-state index contributed by atoms with van der Waals surface area (Å²) in [7, 11) is 0. The summed E-state index contributed by atoms with van der Waals surface area (Å²) in [6.45, 7) is 0. The van der Waals surface area contributed by atoms with Crippen molar-refractivity contribution in [3.8, 4) is 39.1 Å². The number of fused-ring (bicyclic) bond motifs is 9. The van der Waals surface area contributed by atoms with Crippen LogP contribution in [0.3, 0.4) is 0 Å². The second kappa shape index (κ2) is 13.5. The van der Waals surface area contributed by atoms with Gasteiger partial charge in [0.2, 0.25) is 0 Å². The molecule has 3 nitrogen and oxygen atoms in total. The van der Waals surface area contributed by atoms with Crippen LogP contribution in [-0.2, 0) is 0 Å². The minimum atomic E-state index is 0.00898. The van der Waals surface area contributed by atoms with Crippen LogP contribution in [0.2, 0.25) is 0 Å². The third kappa shape index (κ3) is 5.50. The largest absolute Gasteiger partial charge is 0.485 e. The van der Waals surface area contributed by atoms with Crippen LogP contribution in [0.1, 0.15) is 11.5 Å². The maximum Gasteiger partial charge on any atom is 0.135 e. The summed E-state index contributed by atoms with van der Waals surface area (Å²) in [6, 6.07) is 68.0. The Morgan fingerprint density at radius 1 is 0.407 bits per heavy atom. The van der Waals surface area contributed by atoms with Gasteiger partial charge < -0.3 is 14.1 Å². The fourth-order valence-corrected chi connectivity index (χ4v) is 9.48. The van der Waals surface area contributed by atoms with E-state index in [1.807, 2.05) is 12.1 Å². The number of nitrogens with zero attached hydrogens (tertiary/aromatic N) is 1. The van der Waals surface area contributed by atoms with Crippen molar-refractivity contribution in [2.24, 2.45) is 0 Å². The predicted molar refractivity (Wildman–Crippen MR) is 245 cm³/mol. The van der Waals surface area contributed by atoms with E-state index < -0.39 is 0 Å². The lowest BCUT2D eigenvalue weighted by molar-refractivity contribution is 0.269. The summed E-state index contributed by atoms with van der Waals surface area (Å²) in [4.78, 5) is 2.44. The van der Waals surface area contributed by atoms with Crippen molar-refractivity contribution in [2.45, 2.75) is 12.0 Å². The molecule has 278 valence electrons. The summed E-state index contributed by atoms with van der Waals surface area (Å²) >= 11 is 0. The predicted octanol–water partition coefficient (Wildman–Crippen LogP) is 15.3. The molecule has 0 N–H and O–H groups in total. The third-order valence-electron chi connectivity index (χ3n) is 12.2. The highest BCUT2D eigenvalue weighted by Crippen LogP contribution is 2.49. The zero-order valence-corrected chi connectivity index (χ0v) is 32.1. The minimum Gasteiger partial charge on any atom is -0.485 e. The molecule has 59 heavy (non-hydrogen) atoms. The number of para-hydroxylation sites is 1. The Labute approximate surface area is 342 Å². The van der Waals surface area contributed by atoms with Gasteiger partial charge in [-0.25, -0.2) is 0 Å². The molecule has 0 amide bonds. The molecule has 2 aliphatic rings. The lowest BCUT2D eigenvalue weighted by Gasteiger charge is -2.29. The van der Waals surface area contributed by atoms with Crippen molar-refractivity contribution < 1.29 is 9.15 Å². The second-order valence-electron chi connectivity index (χ2n) is 15.5. The number of allylic oxidation sites excluding steroid dienone is 2. The highest BCUT2D eigenvalue weighted by molar-refractivity contribution is 6.14. The van der Waals surface area contributed by atoms with Crippen molar-refractivity contribution in [1.29, 1.82) is 0 Å². The van der Waals surface area contributed by atoms with E-state index >= 15 is 0 Å². The van der Waals surface area contributed by atoms with Gasteiger partial charge in [-0.1, -0.05) is 152 Å². The molecule has 10 aromatic rings. The lowest BCUT2D eigenvalue weighted by Crippen LogP contribution is -2.15. The number of furan rings is 1. The van der Waals surface area contributed by atoms with Gasteiger partial charge in [0.1, 0.15) is 23.0 Å². The van der Waals surface area contributed by atoms with Gasteiger partial charge in [-0.15, -0.1) is 0 Å². The van der Waals surface area contributed by atoms with Gasteiger partial charge in [-0.2, -0.15) is 0 Å². The molecule has 1 aromatic heterocycles. The second-order valence-corrected chi connectivity index (χ2v) is 15.5. The Morgan fingerprint density at radius 2 is 1.12 bits per heavy atom. The van der Waals surface area contributed by atoms with Gasteiger partial charge in [0.25, 0.3) is 0 Å². The lowest BCUT2D eigenvalue weighted by atomic mass is 9.86. The van der Waals surface area contributed by atoms with Crippen molar-refractivity contribution in [1.82, 2.24) is 0 Å². The number of ether oxygens (including phenoxy) is 1. The summed E-state index contributed by atoms with van der Waals surface area (Å²) in [5.41, 5.74) is 13.1. The average molecular weight is 756 g/mol. The molecule has 0 fully saturated rings. The monoisotopic (exact) mass is 755 g/mol. The van der Waals surface area contributed by atoms with Gasteiger partial charge in [-0.3, -0.25) is 0 Å². The number of hydrogen-bond acceptors (Lipinski definition) is 3. The van der Waals surface area contributed by atoms with Crippen LogP contribution in [0.4, 0.5) is 17.1 Å². The molecule has 1 aliphatic carbocycles. The van der Waals surface area contributed by atoms with Crippen LogP contribution < -0.4 is 9.64 Å². The molecule has 0 spiro atoms. The highest BCUT2D eigenvalue weighted by atomic mass is 16.5. The molecule has 0 saturated heterocycles. The quantitative estimate of drug-likeness (QED) is 0.158. The molecule has 0 saturated carbocycles. The Bertz CT molecular complexity index is 3340. The number of rotatable bonds is 6. The highest BCUT2D eigenvalue weighted by Gasteiger charge is 2.34. The van der Waals surface area contributed by atoms with Crippen molar-refractivity contribution >= 4 is 60.5 Å². The molecule has 2 atom stereocenters. The van der Waals surface area contributed by atoms with Crippen molar-refractivity contribution in [2.75, 3.05) is 4.90 Å². The summed E-state index contributed by atoms with van der Waals surface area (Å²) in [5.74, 6) is 1.12. The summed E-state index contributed by atoms with van der Waals surface area (Å²) in [6.07, 6.45) is 8.68. The molecular formula is C56H37NO2. The number of hydrogen-bond donors (Lipinski definition) is 0. The van der Waals surface area contributed by atoms with E-state index in [1.165, 1.54) is 38.2 Å². The van der Waals surface area contributed by atoms with Gasteiger partial charge in [0.15, 0.2) is 0 Å². The van der Waals surface area contributed by atoms with Crippen LogP contribution in [0, 0.1) is 0 Å². The van der Waals surface area contributed by atoms with Crippen LogP contribution in [0.15, 0.2) is 217 Å². The zero-order valence-electron chi connectivity index (χ0n) is 32.1. The first-order chi connectivity index (χ1) is 29.2. The molecule has 12 rings (SSSR count). The normalized spacial score (nSPS) is 15.5. The van der Waals surface area contributed by atoms with Crippen molar-refractivity contribution in [3.05, 3.63) is 218 Å². The molecule has 0 bridgehead atoms. The van der Waals surface area contributed by atoms with E-state index in [0.29, 0.717) is 0 Å². The van der Waals surface area contributed by atoms with E-state index in [9.17, 15) is 0 Å². The van der Waals surface area contributed by atoms with Crippen molar-refractivity contribution in [3.63, 3.8) is 0 Å². The van der Waals surface area contributed by atoms with E-state index in [-0.39, 0.29) is 12.0 Å². The molecule has 9 aromatic carbocycles. The molecule has 1 aliphatic heterocycles. The third-order valence-corrected chi connectivity index (χ3v) is 12.2. The first kappa shape index (κ1) is 33.5. The number of benzene rings is 9. The summed E-state index contributed by atoms with van der Waals surface area (Å²) in [5, 5.41) is 7.15. The van der Waals surface area contributed by atoms with E-state index in [1.54, 1.807) is 0 Å². The van der Waals surface area contributed by atoms with E-state index in [0.717, 1.165) is 67.0 Å². The molecule has 0 radical (unpaired) electrons. The van der Waals surface area contributed by atoms with Crippen LogP contribution in [0.5, 0.6) is 5.75 Å². The average Bonchev–Trinajstić information content (AvgIpc) is 3.88. The first-order valence-electron chi connectivity index (χ1n) is 20.3. The standard InChI is InChI=1S/C56H37NO2/c1-2-14-36(15-3-1)43-30-28-39(49-33-38-16-4-5-19-42(38)45-20-6-7-21-46(45)49)34-51(43)57(41-29-31-54-50(35-41)47-22-8-10-25-52(47)58-54)40-18-12-17-37(32-40)44-24-13-27-55-56(44)48-23-9-11-26-53(48)59-55/h1-35,48,53H. The van der Waals surface area contributed by atoms with E-state index in [4.69, 9.17) is 9.15 Å². The smallest absolute Gasteiger partial charge is 0.135 e. The van der Waals surface area contributed by atoms with Crippen LogP contribution in [-0.4, -0.2) is 6.10 Å². The van der Waals surface area contributed by atoms with Gasteiger partial charge in [0.05, 0.1) is 5.69 Å². The van der Waals surface area contributed by atoms with Gasteiger partial charge in [0, 0.05) is 39.2 Å².